The lowest BCUT2D eigenvalue weighted by molar-refractivity contribution is -0.141. The van der Waals surface area contributed by atoms with Crippen molar-refractivity contribution >= 4 is 35.1 Å². The van der Waals surface area contributed by atoms with Gasteiger partial charge in [-0.2, -0.15) is 23.5 Å². The molecule has 1 atom stereocenters. The van der Waals surface area contributed by atoms with Crippen LogP contribution < -0.4 is 21.7 Å². The van der Waals surface area contributed by atoms with Gasteiger partial charge in [-0.05, 0) is 43.9 Å². The van der Waals surface area contributed by atoms with Crippen molar-refractivity contribution in [1.29, 1.82) is 5.26 Å². The molecular weight excluding hydrogens is 617 g/mol. The molecule has 1 saturated carbocycles. The summed E-state index contributed by atoms with van der Waals surface area (Å²) in [5.41, 5.74) is 4.78. The van der Waals surface area contributed by atoms with E-state index in [9.17, 15) is 27.6 Å². The fourth-order valence-corrected chi connectivity index (χ4v) is 5.65. The van der Waals surface area contributed by atoms with Crippen LogP contribution in [0.25, 0.3) is 11.3 Å². The third kappa shape index (κ3) is 7.04. The van der Waals surface area contributed by atoms with Crippen LogP contribution in [-0.4, -0.2) is 73.3 Å². The van der Waals surface area contributed by atoms with Gasteiger partial charge in [-0.1, -0.05) is 11.6 Å². The number of halogens is 4. The summed E-state index contributed by atoms with van der Waals surface area (Å²) in [5, 5.41) is 20.8. The van der Waals surface area contributed by atoms with Gasteiger partial charge in [-0.25, -0.2) is 9.78 Å². The van der Waals surface area contributed by atoms with Gasteiger partial charge in [-0.15, -0.1) is 0 Å². The second kappa shape index (κ2) is 12.8. The monoisotopic (exact) mass is 646 g/mol. The van der Waals surface area contributed by atoms with Crippen LogP contribution in [-0.2, 0) is 19.8 Å². The fraction of sp³-hybridized carbons (Fsp3) is 0.429. The van der Waals surface area contributed by atoms with Crippen LogP contribution in [0, 0.1) is 11.3 Å². The highest BCUT2D eigenvalue weighted by Gasteiger charge is 2.39. The number of benzene rings is 1. The van der Waals surface area contributed by atoms with E-state index < -0.39 is 30.2 Å². The van der Waals surface area contributed by atoms with Gasteiger partial charge in [0.05, 0.1) is 34.1 Å². The maximum atomic E-state index is 13.6. The molecule has 1 aromatic carbocycles. The van der Waals surface area contributed by atoms with E-state index in [1.807, 2.05) is 0 Å². The smallest absolute Gasteiger partial charge is 0.349 e. The molecule has 4 amide bonds. The Hall–Kier alpha value is -4.62. The first kappa shape index (κ1) is 31.8. The quantitative estimate of drug-likeness (QED) is 0.305. The maximum absolute atomic E-state index is 13.6. The first-order valence-corrected chi connectivity index (χ1v) is 14.5. The van der Waals surface area contributed by atoms with E-state index in [0.29, 0.717) is 25.9 Å². The van der Waals surface area contributed by atoms with E-state index >= 15 is 0 Å². The fourth-order valence-electron chi connectivity index (χ4n) is 5.38. The summed E-state index contributed by atoms with van der Waals surface area (Å²) in [4.78, 5) is 44.0. The summed E-state index contributed by atoms with van der Waals surface area (Å²) in [7, 11) is 1.37. The highest BCUT2D eigenvalue weighted by atomic mass is 35.5. The van der Waals surface area contributed by atoms with Crippen molar-refractivity contribution < 1.29 is 27.6 Å². The molecule has 2 fully saturated rings. The molecule has 5 N–H and O–H groups in total. The molecule has 1 unspecified atom stereocenters. The zero-order chi connectivity index (χ0) is 32.5. The van der Waals surface area contributed by atoms with Gasteiger partial charge >= 0.3 is 12.2 Å². The Kier molecular flexibility index (Phi) is 9.03. The Morgan fingerprint density at radius 1 is 1.18 bits per heavy atom. The van der Waals surface area contributed by atoms with E-state index in [4.69, 9.17) is 22.6 Å². The molecule has 0 bridgehead atoms. The van der Waals surface area contributed by atoms with Crippen molar-refractivity contribution in [3.8, 4) is 17.3 Å². The molecule has 2 aromatic heterocycles. The number of aromatic nitrogens is 4. The predicted molar refractivity (Wildman–Crippen MR) is 156 cm³/mol. The topological polar surface area (TPSA) is 176 Å². The molecule has 2 aliphatic rings. The van der Waals surface area contributed by atoms with E-state index in [1.54, 1.807) is 11.0 Å². The van der Waals surface area contributed by atoms with E-state index in [0.717, 1.165) is 29.9 Å². The van der Waals surface area contributed by atoms with Crippen molar-refractivity contribution in [2.24, 2.45) is 12.8 Å². The second-order valence-corrected chi connectivity index (χ2v) is 11.5. The summed E-state index contributed by atoms with van der Waals surface area (Å²) in [5.74, 6) is -1.34. The van der Waals surface area contributed by atoms with Gasteiger partial charge in [0.15, 0.2) is 11.5 Å². The maximum Gasteiger partial charge on any atom is 0.435 e. The van der Waals surface area contributed by atoms with Crippen LogP contribution in [0.1, 0.15) is 52.4 Å². The lowest BCUT2D eigenvalue weighted by atomic mass is 9.86. The zero-order valence-corrected chi connectivity index (χ0v) is 24.8. The highest BCUT2D eigenvalue weighted by Crippen LogP contribution is 2.36. The number of alkyl halides is 3. The molecule has 3 aromatic rings. The van der Waals surface area contributed by atoms with Crippen LogP contribution in [0.15, 0.2) is 30.6 Å². The second-order valence-electron chi connectivity index (χ2n) is 11.1. The number of nitriles is 1. The molecule has 0 radical (unpaired) electrons. The number of hydrogen-bond acceptors (Lipinski definition) is 7. The summed E-state index contributed by atoms with van der Waals surface area (Å²) in [6.45, 7) is 0.802. The lowest BCUT2D eigenvalue weighted by Crippen LogP contribution is -2.57. The SMILES string of the molecule is Cn1c(-c2cn(CC#N)nc2C(F)(F)F)cnc1C(=O)Nc1ccc(C(=O)NC2CC(NC(=O)N3CCCC(N)C3)C2)c(Cl)c1. The molecule has 238 valence electrons. The lowest BCUT2D eigenvalue weighted by Gasteiger charge is -2.38. The molecule has 45 heavy (non-hydrogen) atoms. The number of amides is 4. The number of carbonyl (C=O) groups excluding carboxylic acids is 3. The van der Waals surface area contributed by atoms with Crippen molar-refractivity contribution in [1.82, 2.24) is 34.9 Å². The van der Waals surface area contributed by atoms with E-state index in [-0.39, 0.29) is 57.5 Å². The van der Waals surface area contributed by atoms with Crippen LogP contribution >= 0.6 is 11.6 Å². The minimum atomic E-state index is -4.80. The van der Waals surface area contributed by atoms with Gasteiger partial charge in [0.2, 0.25) is 0 Å². The van der Waals surface area contributed by atoms with Gasteiger partial charge < -0.3 is 31.2 Å². The van der Waals surface area contributed by atoms with E-state index in [1.165, 1.54) is 29.8 Å². The molecule has 17 heteroatoms. The first-order valence-electron chi connectivity index (χ1n) is 14.1. The molecular formula is C28H30ClF3N10O3. The molecule has 5 rings (SSSR count). The Balaban J connectivity index is 1.18. The molecule has 3 heterocycles. The van der Waals surface area contributed by atoms with Crippen molar-refractivity contribution in [3.63, 3.8) is 0 Å². The third-order valence-corrected chi connectivity index (χ3v) is 8.06. The van der Waals surface area contributed by atoms with Crippen molar-refractivity contribution in [2.75, 3.05) is 18.4 Å². The number of nitrogens with zero attached hydrogens (tertiary/aromatic N) is 6. The summed E-state index contributed by atoms with van der Waals surface area (Å²) < 4.78 is 42.8. The molecule has 1 saturated heterocycles. The summed E-state index contributed by atoms with van der Waals surface area (Å²) in [6, 6.07) is 5.63. The minimum Gasteiger partial charge on any atom is -0.349 e. The average Bonchev–Trinajstić information content (AvgIpc) is 3.55. The number of carbonyl (C=O) groups is 3. The van der Waals surface area contributed by atoms with Crippen LogP contribution in [0.4, 0.5) is 23.7 Å². The Bertz CT molecular complexity index is 1660. The number of nitrogens with two attached hydrogens (primary N) is 1. The minimum absolute atomic E-state index is 0.0154. The number of piperidine rings is 1. The third-order valence-electron chi connectivity index (χ3n) is 7.75. The molecule has 1 aliphatic heterocycles. The number of anilines is 1. The van der Waals surface area contributed by atoms with Gasteiger partial charge in [0.1, 0.15) is 6.54 Å². The molecule has 0 spiro atoms. The van der Waals surface area contributed by atoms with Gasteiger partial charge in [0.25, 0.3) is 11.8 Å². The average molecular weight is 647 g/mol. The van der Waals surface area contributed by atoms with Gasteiger partial charge in [-0.3, -0.25) is 14.3 Å². The first-order chi connectivity index (χ1) is 21.3. The normalized spacial score (nSPS) is 19.8. The van der Waals surface area contributed by atoms with Crippen LogP contribution in [0.3, 0.4) is 0 Å². The molecule has 13 nitrogen and oxygen atoms in total. The number of rotatable bonds is 7. The van der Waals surface area contributed by atoms with Crippen LogP contribution in [0.5, 0.6) is 0 Å². The standard InChI is InChI=1S/C28H30ClF3N10O3/c1-40-22(20-14-42(8-6-33)39-23(20)28(30,31)32)12-35-24(40)26(44)36-16-4-5-19(21(29)11-16)25(43)37-17-9-18(10-17)38-27(45)41-7-2-3-15(34)13-41/h4-5,11-12,14-15,17-18H,2-3,7-10,13,34H2,1H3,(H,36,44)(H,37,43)(H,38,45). The highest BCUT2D eigenvalue weighted by molar-refractivity contribution is 6.34. The van der Waals surface area contributed by atoms with Crippen LogP contribution in [0.2, 0.25) is 5.02 Å². The number of nitrogens with one attached hydrogen (secondary N) is 3. The number of imidazole rings is 1. The number of urea groups is 1. The Morgan fingerprint density at radius 3 is 2.58 bits per heavy atom. The summed E-state index contributed by atoms with van der Waals surface area (Å²) in [6.07, 6.45) is 0.284. The Labute approximate surface area is 260 Å². The van der Waals surface area contributed by atoms with E-state index in [2.05, 4.69) is 26.0 Å². The van der Waals surface area contributed by atoms with Crippen molar-refractivity contribution in [2.45, 2.75) is 56.5 Å². The predicted octanol–water partition coefficient (Wildman–Crippen LogP) is 3.13. The Morgan fingerprint density at radius 2 is 1.91 bits per heavy atom. The van der Waals surface area contributed by atoms with Crippen molar-refractivity contribution in [3.05, 3.63) is 52.7 Å². The zero-order valence-electron chi connectivity index (χ0n) is 24.1. The number of hydrogen-bond donors (Lipinski definition) is 4. The number of likely N-dealkylation sites (tertiary alicyclic amines) is 1. The van der Waals surface area contributed by atoms with Gasteiger partial charge in [0, 0.05) is 50.1 Å². The largest absolute Gasteiger partial charge is 0.435 e. The molecule has 1 aliphatic carbocycles. The summed E-state index contributed by atoms with van der Waals surface area (Å²) >= 11 is 6.35.